The highest BCUT2D eigenvalue weighted by Gasteiger charge is 2.27. The lowest BCUT2D eigenvalue weighted by molar-refractivity contribution is -0.130. The Morgan fingerprint density at radius 1 is 1.58 bits per heavy atom. The Balaban J connectivity index is 0.00000180. The number of carbonyl (C=O) groups is 1. The number of nitrogens with one attached hydrogen (secondary N) is 2. The van der Waals surface area contributed by atoms with Gasteiger partial charge in [-0.05, 0) is 31.5 Å². The molecule has 3 N–H and O–H groups in total. The van der Waals surface area contributed by atoms with Gasteiger partial charge >= 0.3 is 0 Å². The lowest BCUT2D eigenvalue weighted by Crippen LogP contribution is -2.46. The highest BCUT2D eigenvalue weighted by Crippen LogP contribution is 2.09. The van der Waals surface area contributed by atoms with Crippen LogP contribution in [0, 0.1) is 0 Å². The average molecular weight is 286 g/mol. The average Bonchev–Trinajstić information content (AvgIpc) is 2.93. The fourth-order valence-corrected chi connectivity index (χ4v) is 2.13. The van der Waals surface area contributed by atoms with E-state index in [1.165, 1.54) is 0 Å². The van der Waals surface area contributed by atoms with Gasteiger partial charge in [0.15, 0.2) is 0 Å². The zero-order valence-electron chi connectivity index (χ0n) is 10.7. The number of aromatic nitrogens is 1. The van der Waals surface area contributed by atoms with Gasteiger partial charge in [-0.25, -0.2) is 0 Å². The van der Waals surface area contributed by atoms with Crippen molar-refractivity contribution >= 4 is 18.3 Å². The minimum Gasteiger partial charge on any atom is -0.382 e. The SMILES string of the molecule is Cl.O=C(NCCc1ccccn1)C(O)C1CCCN1. The molecular formula is C13H20ClN3O2. The van der Waals surface area contributed by atoms with Crippen LogP contribution >= 0.6 is 12.4 Å². The lowest BCUT2D eigenvalue weighted by atomic mass is 10.1. The molecule has 2 rings (SSSR count). The summed E-state index contributed by atoms with van der Waals surface area (Å²) in [6.07, 6.45) is 3.33. The largest absolute Gasteiger partial charge is 0.382 e. The number of amides is 1. The highest BCUT2D eigenvalue weighted by molar-refractivity contribution is 5.85. The van der Waals surface area contributed by atoms with Crippen molar-refractivity contribution in [3.63, 3.8) is 0 Å². The number of carbonyl (C=O) groups excluding carboxylic acids is 1. The first-order chi connectivity index (χ1) is 8.77. The number of pyridine rings is 1. The summed E-state index contributed by atoms with van der Waals surface area (Å²) in [6.45, 7) is 1.38. The lowest BCUT2D eigenvalue weighted by Gasteiger charge is -2.17. The molecule has 6 heteroatoms. The van der Waals surface area contributed by atoms with Crippen LogP contribution in [0.25, 0.3) is 0 Å². The number of halogens is 1. The van der Waals surface area contributed by atoms with Crippen molar-refractivity contribution in [1.82, 2.24) is 15.6 Å². The van der Waals surface area contributed by atoms with E-state index in [1.54, 1.807) is 6.20 Å². The summed E-state index contributed by atoms with van der Waals surface area (Å²) >= 11 is 0. The van der Waals surface area contributed by atoms with Crippen molar-refractivity contribution in [2.75, 3.05) is 13.1 Å². The van der Waals surface area contributed by atoms with Gasteiger partial charge in [-0.2, -0.15) is 0 Å². The van der Waals surface area contributed by atoms with Crippen LogP contribution in [0.5, 0.6) is 0 Å². The van der Waals surface area contributed by atoms with Crippen LogP contribution < -0.4 is 10.6 Å². The molecule has 0 aliphatic carbocycles. The Hall–Kier alpha value is -1.17. The Morgan fingerprint density at radius 2 is 2.42 bits per heavy atom. The molecule has 2 atom stereocenters. The zero-order chi connectivity index (χ0) is 12.8. The van der Waals surface area contributed by atoms with E-state index < -0.39 is 6.10 Å². The third-order valence-corrected chi connectivity index (χ3v) is 3.15. The Bertz CT molecular complexity index is 383. The number of hydrogen-bond acceptors (Lipinski definition) is 4. The topological polar surface area (TPSA) is 74.2 Å². The molecule has 1 aromatic heterocycles. The second-order valence-corrected chi connectivity index (χ2v) is 4.51. The standard InChI is InChI=1S/C13H19N3O2.ClH/c17-12(11-5-3-8-15-11)13(18)16-9-6-10-4-1-2-7-14-10;/h1-2,4,7,11-12,15,17H,3,5-6,8-9H2,(H,16,18);1H. The third kappa shape index (κ3) is 4.78. The van der Waals surface area contributed by atoms with E-state index in [-0.39, 0.29) is 24.4 Å². The summed E-state index contributed by atoms with van der Waals surface area (Å²) in [5, 5.41) is 15.7. The van der Waals surface area contributed by atoms with Gasteiger partial charge in [0.2, 0.25) is 5.91 Å². The summed E-state index contributed by atoms with van der Waals surface area (Å²) < 4.78 is 0. The molecule has 1 aliphatic rings. The first-order valence-electron chi connectivity index (χ1n) is 6.36. The number of aliphatic hydroxyl groups is 1. The predicted molar refractivity (Wildman–Crippen MR) is 75.2 cm³/mol. The summed E-state index contributed by atoms with van der Waals surface area (Å²) in [5.74, 6) is -0.301. The fraction of sp³-hybridized carbons (Fsp3) is 0.538. The van der Waals surface area contributed by atoms with E-state index in [1.807, 2.05) is 18.2 Å². The fourth-order valence-electron chi connectivity index (χ4n) is 2.13. The molecule has 0 radical (unpaired) electrons. The van der Waals surface area contributed by atoms with Crippen molar-refractivity contribution in [3.8, 4) is 0 Å². The summed E-state index contributed by atoms with van der Waals surface area (Å²) in [5.41, 5.74) is 0.936. The maximum Gasteiger partial charge on any atom is 0.250 e. The van der Waals surface area contributed by atoms with Crippen LogP contribution in [0.2, 0.25) is 0 Å². The molecule has 1 amide bonds. The number of rotatable bonds is 5. The zero-order valence-corrected chi connectivity index (χ0v) is 11.5. The smallest absolute Gasteiger partial charge is 0.250 e. The first-order valence-corrected chi connectivity index (χ1v) is 6.36. The Morgan fingerprint density at radius 3 is 3.05 bits per heavy atom. The van der Waals surface area contributed by atoms with Gasteiger partial charge in [0, 0.05) is 30.9 Å². The van der Waals surface area contributed by atoms with Crippen LogP contribution in [-0.4, -0.2) is 41.2 Å². The van der Waals surface area contributed by atoms with Crippen molar-refractivity contribution in [2.24, 2.45) is 0 Å². The molecule has 0 aromatic carbocycles. The number of nitrogens with zero attached hydrogens (tertiary/aromatic N) is 1. The third-order valence-electron chi connectivity index (χ3n) is 3.15. The van der Waals surface area contributed by atoms with E-state index in [4.69, 9.17) is 0 Å². The predicted octanol–water partition coefficient (Wildman–Crippen LogP) is 0.275. The van der Waals surface area contributed by atoms with Gasteiger partial charge in [0.05, 0.1) is 0 Å². The molecule has 0 saturated carbocycles. The maximum atomic E-state index is 11.7. The molecule has 0 bridgehead atoms. The molecular weight excluding hydrogens is 266 g/mol. The van der Waals surface area contributed by atoms with Gasteiger partial charge in [0.25, 0.3) is 0 Å². The maximum absolute atomic E-state index is 11.7. The summed E-state index contributed by atoms with van der Waals surface area (Å²) in [7, 11) is 0. The van der Waals surface area contributed by atoms with Crippen LogP contribution in [-0.2, 0) is 11.2 Å². The molecule has 106 valence electrons. The minimum absolute atomic E-state index is 0. The van der Waals surface area contributed by atoms with Gasteiger partial charge in [-0.1, -0.05) is 6.07 Å². The normalized spacial score (nSPS) is 19.5. The van der Waals surface area contributed by atoms with Crippen LogP contribution in [0.4, 0.5) is 0 Å². The highest BCUT2D eigenvalue weighted by atomic mass is 35.5. The molecule has 0 spiro atoms. The molecule has 1 saturated heterocycles. The monoisotopic (exact) mass is 285 g/mol. The number of hydrogen-bond donors (Lipinski definition) is 3. The van der Waals surface area contributed by atoms with Crippen LogP contribution in [0.1, 0.15) is 18.5 Å². The van der Waals surface area contributed by atoms with Crippen molar-refractivity contribution in [2.45, 2.75) is 31.4 Å². The Labute approximate surface area is 119 Å². The van der Waals surface area contributed by atoms with Gasteiger partial charge in [0.1, 0.15) is 6.10 Å². The molecule has 1 aliphatic heterocycles. The molecule has 19 heavy (non-hydrogen) atoms. The van der Waals surface area contributed by atoms with E-state index in [0.29, 0.717) is 13.0 Å². The van der Waals surface area contributed by atoms with Crippen LogP contribution in [0.3, 0.4) is 0 Å². The molecule has 1 fully saturated rings. The second-order valence-electron chi connectivity index (χ2n) is 4.51. The van der Waals surface area contributed by atoms with E-state index in [9.17, 15) is 9.90 Å². The number of aliphatic hydroxyl groups excluding tert-OH is 1. The van der Waals surface area contributed by atoms with Gasteiger partial charge < -0.3 is 15.7 Å². The molecule has 2 heterocycles. The quantitative estimate of drug-likeness (QED) is 0.726. The Kier molecular flexibility index (Phi) is 6.77. The molecule has 5 nitrogen and oxygen atoms in total. The van der Waals surface area contributed by atoms with Crippen molar-refractivity contribution < 1.29 is 9.90 Å². The summed E-state index contributed by atoms with van der Waals surface area (Å²) in [4.78, 5) is 15.9. The molecule has 2 unspecified atom stereocenters. The van der Waals surface area contributed by atoms with E-state index >= 15 is 0 Å². The van der Waals surface area contributed by atoms with Crippen molar-refractivity contribution in [3.05, 3.63) is 30.1 Å². The second kappa shape index (κ2) is 8.09. The minimum atomic E-state index is -0.948. The van der Waals surface area contributed by atoms with Crippen LogP contribution in [0.15, 0.2) is 24.4 Å². The van der Waals surface area contributed by atoms with Crippen molar-refractivity contribution in [1.29, 1.82) is 0 Å². The van der Waals surface area contributed by atoms with Gasteiger partial charge in [-0.15, -0.1) is 12.4 Å². The van der Waals surface area contributed by atoms with Gasteiger partial charge in [-0.3, -0.25) is 9.78 Å². The van der Waals surface area contributed by atoms with E-state index in [2.05, 4.69) is 15.6 Å². The molecule has 1 aromatic rings. The summed E-state index contributed by atoms with van der Waals surface area (Å²) in [6, 6.07) is 5.60. The van der Waals surface area contributed by atoms with E-state index in [0.717, 1.165) is 25.1 Å². The first kappa shape index (κ1) is 15.9.